The van der Waals surface area contributed by atoms with Gasteiger partial charge in [-0.25, -0.2) is 9.91 Å². The second-order valence-electron chi connectivity index (χ2n) is 9.22. The number of amides is 3. The number of nitrogens with zero attached hydrogens (tertiary/aromatic N) is 6. The highest BCUT2D eigenvalue weighted by Gasteiger charge is 2.55. The first kappa shape index (κ1) is 25.7. The first-order valence-corrected chi connectivity index (χ1v) is 13.6. The molecule has 0 saturated carbocycles. The molecular weight excluding hydrogens is 607 g/mol. The van der Waals surface area contributed by atoms with Crippen molar-refractivity contribution in [3.05, 3.63) is 98.4 Å². The van der Waals surface area contributed by atoms with Gasteiger partial charge in [0.1, 0.15) is 6.54 Å². The summed E-state index contributed by atoms with van der Waals surface area (Å²) in [6, 6.07) is 19.4. The molecule has 0 aromatic heterocycles. The lowest BCUT2D eigenvalue weighted by atomic mass is 9.98. The summed E-state index contributed by atoms with van der Waals surface area (Å²) >= 11 is 15.7. The quantitative estimate of drug-likeness (QED) is 0.353. The third-order valence-electron chi connectivity index (χ3n) is 6.83. The van der Waals surface area contributed by atoms with Crippen LogP contribution in [0, 0.1) is 0 Å². The number of carbonyl (C=O) groups is 3. The fourth-order valence-electron chi connectivity index (χ4n) is 4.96. The van der Waals surface area contributed by atoms with Gasteiger partial charge in [-0.15, -0.1) is 0 Å². The second-order valence-corrected chi connectivity index (χ2v) is 11.0. The average molecular weight is 626 g/mol. The summed E-state index contributed by atoms with van der Waals surface area (Å²) in [6.45, 7) is -0.285. The van der Waals surface area contributed by atoms with Crippen molar-refractivity contribution in [2.75, 3.05) is 11.4 Å². The Morgan fingerprint density at radius 3 is 2.44 bits per heavy atom. The Morgan fingerprint density at radius 2 is 1.72 bits per heavy atom. The molecule has 39 heavy (non-hydrogen) atoms. The van der Waals surface area contributed by atoms with E-state index in [0.717, 1.165) is 26.2 Å². The molecule has 6 rings (SSSR count). The number of hydrogen-bond donors (Lipinski definition) is 0. The highest BCUT2D eigenvalue weighted by Crippen LogP contribution is 2.37. The van der Waals surface area contributed by atoms with Gasteiger partial charge in [0.2, 0.25) is 0 Å². The minimum Gasteiger partial charge on any atom is -0.271 e. The molecule has 0 N–H and O–H groups in total. The minimum absolute atomic E-state index is 0.154. The largest absolute Gasteiger partial charge is 0.271 e. The molecule has 9 nitrogen and oxygen atoms in total. The molecule has 3 atom stereocenters. The van der Waals surface area contributed by atoms with Crippen molar-refractivity contribution in [2.24, 2.45) is 15.4 Å². The van der Waals surface area contributed by atoms with E-state index in [1.54, 1.807) is 6.07 Å². The van der Waals surface area contributed by atoms with Crippen LogP contribution in [-0.2, 0) is 14.4 Å². The normalized spacial score (nSPS) is 22.1. The van der Waals surface area contributed by atoms with Crippen molar-refractivity contribution >= 4 is 68.3 Å². The number of carbonyl (C=O) groups excluding carboxylic acids is 3. The van der Waals surface area contributed by atoms with Gasteiger partial charge in [0.15, 0.2) is 12.1 Å². The van der Waals surface area contributed by atoms with Crippen LogP contribution in [0.5, 0.6) is 0 Å². The lowest BCUT2D eigenvalue weighted by molar-refractivity contribution is -0.135. The molecule has 12 heteroatoms. The van der Waals surface area contributed by atoms with Crippen molar-refractivity contribution in [1.29, 1.82) is 0 Å². The van der Waals surface area contributed by atoms with Crippen molar-refractivity contribution in [1.82, 2.24) is 10.0 Å². The van der Waals surface area contributed by atoms with Crippen molar-refractivity contribution in [3.63, 3.8) is 0 Å². The predicted molar refractivity (Wildman–Crippen MR) is 149 cm³/mol. The summed E-state index contributed by atoms with van der Waals surface area (Å²) in [5.74, 6) is -1.50. The third kappa shape index (κ3) is 4.62. The zero-order chi connectivity index (χ0) is 27.3. The van der Waals surface area contributed by atoms with Crippen LogP contribution in [0.25, 0.3) is 0 Å². The summed E-state index contributed by atoms with van der Waals surface area (Å²) < 4.78 is 0.941. The van der Waals surface area contributed by atoms with E-state index >= 15 is 0 Å². The van der Waals surface area contributed by atoms with Gasteiger partial charge >= 0.3 is 0 Å². The Hall–Kier alpha value is -3.60. The van der Waals surface area contributed by atoms with Crippen LogP contribution in [0.2, 0.25) is 10.0 Å². The van der Waals surface area contributed by atoms with Gasteiger partial charge in [-0.2, -0.15) is 10.2 Å². The average Bonchev–Trinajstić information content (AvgIpc) is 3.61. The summed E-state index contributed by atoms with van der Waals surface area (Å²) in [6.07, 6.45) is 0.519. The van der Waals surface area contributed by atoms with Crippen molar-refractivity contribution in [2.45, 2.75) is 24.5 Å². The number of imide groups is 1. The third-order valence-corrected chi connectivity index (χ3v) is 7.90. The Labute approximate surface area is 241 Å². The molecular formula is C27H19BrCl2N6O3. The molecule has 0 bridgehead atoms. The number of hydrogen-bond acceptors (Lipinski definition) is 7. The molecule has 0 radical (unpaired) electrons. The molecule has 0 spiro atoms. The molecule has 3 aliphatic rings. The molecule has 1 fully saturated rings. The molecule has 1 saturated heterocycles. The monoisotopic (exact) mass is 624 g/mol. The molecule has 196 valence electrons. The van der Waals surface area contributed by atoms with E-state index in [-0.39, 0.29) is 29.2 Å². The SMILES string of the molecule is O=C1[C@H]2N=NN(CC(=O)N3N=C(c4ccc(Br)cc4)C[C@H]3c3ccccc3)[C@H]2C(=O)N1c1ccc(Cl)cc1Cl. The Bertz CT molecular complexity index is 1550. The van der Waals surface area contributed by atoms with E-state index in [9.17, 15) is 14.4 Å². The van der Waals surface area contributed by atoms with Crippen molar-refractivity contribution < 1.29 is 14.4 Å². The fraction of sp³-hybridized carbons (Fsp3) is 0.185. The second kappa shape index (κ2) is 10.2. The zero-order valence-corrected chi connectivity index (χ0v) is 23.2. The van der Waals surface area contributed by atoms with Gasteiger partial charge in [-0.3, -0.25) is 19.4 Å². The number of fused-ring (bicyclic) bond motifs is 1. The van der Waals surface area contributed by atoms with E-state index in [0.29, 0.717) is 11.4 Å². The Morgan fingerprint density at radius 1 is 0.974 bits per heavy atom. The lowest BCUT2D eigenvalue weighted by Gasteiger charge is -2.25. The molecule has 3 amide bonds. The predicted octanol–water partition coefficient (Wildman–Crippen LogP) is 5.43. The Balaban J connectivity index is 1.26. The summed E-state index contributed by atoms with van der Waals surface area (Å²) in [7, 11) is 0. The Kier molecular flexibility index (Phi) is 6.70. The fourth-order valence-corrected chi connectivity index (χ4v) is 5.71. The highest BCUT2D eigenvalue weighted by atomic mass is 79.9. The van der Waals surface area contributed by atoms with Crippen LogP contribution in [0.3, 0.4) is 0 Å². The van der Waals surface area contributed by atoms with Gasteiger partial charge < -0.3 is 0 Å². The van der Waals surface area contributed by atoms with Gasteiger partial charge in [-0.05, 0) is 41.5 Å². The van der Waals surface area contributed by atoms with Crippen LogP contribution >= 0.6 is 39.1 Å². The van der Waals surface area contributed by atoms with E-state index in [4.69, 9.17) is 23.2 Å². The van der Waals surface area contributed by atoms with Crippen LogP contribution in [0.15, 0.2) is 92.7 Å². The smallest absolute Gasteiger partial charge is 0.264 e. The van der Waals surface area contributed by atoms with E-state index in [2.05, 4.69) is 31.4 Å². The number of halogens is 3. The van der Waals surface area contributed by atoms with Gasteiger partial charge in [0, 0.05) is 15.9 Å². The van der Waals surface area contributed by atoms with Gasteiger partial charge in [0.25, 0.3) is 17.7 Å². The molecule has 0 aliphatic carbocycles. The maximum atomic E-state index is 13.7. The van der Waals surface area contributed by atoms with Crippen LogP contribution < -0.4 is 4.90 Å². The van der Waals surface area contributed by atoms with E-state index in [1.807, 2.05) is 54.6 Å². The van der Waals surface area contributed by atoms with Crippen LogP contribution in [0.4, 0.5) is 5.69 Å². The summed E-state index contributed by atoms with van der Waals surface area (Å²) in [4.78, 5) is 41.1. The van der Waals surface area contributed by atoms with Crippen molar-refractivity contribution in [3.8, 4) is 0 Å². The number of anilines is 1. The van der Waals surface area contributed by atoms with Crippen LogP contribution in [0.1, 0.15) is 23.6 Å². The molecule has 3 aromatic carbocycles. The topological polar surface area (TPSA) is 98.0 Å². The van der Waals surface area contributed by atoms with E-state index < -0.39 is 23.9 Å². The molecule has 3 aliphatic heterocycles. The standard InChI is InChI=1S/C27H19BrCl2N6O3/c28-17-8-6-15(7-9-17)20-13-22(16-4-2-1-3-5-16)36(32-20)23(37)14-34-25-24(31-33-34)26(38)35(27(25)39)21-11-10-18(29)12-19(21)30/h1-12,22,24-25H,13-14H2/t22-,24-,25+/m0/s1. The highest BCUT2D eigenvalue weighted by molar-refractivity contribution is 9.10. The number of rotatable bonds is 5. The van der Waals surface area contributed by atoms with E-state index in [1.165, 1.54) is 22.2 Å². The maximum Gasteiger partial charge on any atom is 0.264 e. The summed E-state index contributed by atoms with van der Waals surface area (Å²) in [5.41, 5.74) is 2.81. The zero-order valence-electron chi connectivity index (χ0n) is 20.1. The minimum atomic E-state index is -1.07. The number of benzene rings is 3. The van der Waals surface area contributed by atoms with Gasteiger partial charge in [0.05, 0.1) is 22.5 Å². The first-order chi connectivity index (χ1) is 18.8. The van der Waals surface area contributed by atoms with Crippen LogP contribution in [-0.4, -0.2) is 52.1 Å². The molecule has 0 unspecified atom stereocenters. The summed E-state index contributed by atoms with van der Waals surface area (Å²) in [5, 5.41) is 15.9. The first-order valence-electron chi connectivity index (χ1n) is 12.0. The molecule has 3 heterocycles. The molecule has 3 aromatic rings. The maximum absolute atomic E-state index is 13.7. The lowest BCUT2D eigenvalue weighted by Crippen LogP contribution is -2.44. The van der Waals surface area contributed by atoms with Gasteiger partial charge in [-0.1, -0.05) is 86.8 Å². The number of hydrazone groups is 1.